The smallest absolute Gasteiger partial charge is 0.256 e. The van der Waals surface area contributed by atoms with Crippen LogP contribution in [0.15, 0.2) is 34.9 Å². The Kier molecular flexibility index (Phi) is 7.54. The van der Waals surface area contributed by atoms with E-state index in [1.807, 2.05) is 30.0 Å². The molecule has 24 heavy (non-hydrogen) atoms. The van der Waals surface area contributed by atoms with E-state index >= 15 is 0 Å². The first-order valence-corrected chi connectivity index (χ1v) is 7.42. The van der Waals surface area contributed by atoms with Gasteiger partial charge in [0, 0.05) is 44.5 Å². The summed E-state index contributed by atoms with van der Waals surface area (Å²) in [6.45, 7) is 5.69. The quantitative estimate of drug-likeness (QED) is 0.836. The van der Waals surface area contributed by atoms with Crippen molar-refractivity contribution in [3.05, 3.63) is 47.3 Å². The number of aryl methyl sites for hydroxylation is 1. The molecule has 0 radical (unpaired) electrons. The number of hydrogen-bond acceptors (Lipinski definition) is 5. The number of carbonyl (C=O) groups excluding carboxylic acids is 1. The van der Waals surface area contributed by atoms with Crippen LogP contribution in [0.4, 0.5) is 5.69 Å². The molecule has 1 aromatic heterocycles. The van der Waals surface area contributed by atoms with Gasteiger partial charge >= 0.3 is 0 Å². The topological polar surface area (TPSA) is 75.6 Å². The summed E-state index contributed by atoms with van der Waals surface area (Å²) in [6.07, 6.45) is 0. The van der Waals surface area contributed by atoms with Crippen LogP contribution < -0.4 is 5.73 Å². The first-order chi connectivity index (χ1) is 10.6. The van der Waals surface area contributed by atoms with Crippen molar-refractivity contribution in [3.8, 4) is 0 Å². The first kappa shape index (κ1) is 20.3. The van der Waals surface area contributed by atoms with Gasteiger partial charge in [0.25, 0.3) is 5.91 Å². The summed E-state index contributed by atoms with van der Waals surface area (Å²) in [7, 11) is 0. The highest BCUT2D eigenvalue weighted by Crippen LogP contribution is 2.16. The van der Waals surface area contributed by atoms with E-state index in [2.05, 4.69) is 10.1 Å². The molecular formula is C16H22Cl2N4O2. The van der Waals surface area contributed by atoms with E-state index in [1.54, 1.807) is 12.1 Å². The van der Waals surface area contributed by atoms with E-state index < -0.39 is 0 Å². The van der Waals surface area contributed by atoms with Gasteiger partial charge < -0.3 is 15.2 Å². The lowest BCUT2D eigenvalue weighted by molar-refractivity contribution is 0.0626. The third-order valence-corrected chi connectivity index (χ3v) is 3.91. The van der Waals surface area contributed by atoms with Crippen LogP contribution in [0, 0.1) is 6.92 Å². The molecule has 1 aliphatic rings. The Labute approximate surface area is 153 Å². The summed E-state index contributed by atoms with van der Waals surface area (Å²) < 4.78 is 5.08. The molecule has 2 N–H and O–H groups in total. The molecule has 1 saturated heterocycles. The highest BCUT2D eigenvalue weighted by molar-refractivity contribution is 5.99. The van der Waals surface area contributed by atoms with Crippen molar-refractivity contribution in [1.29, 1.82) is 0 Å². The average molecular weight is 373 g/mol. The van der Waals surface area contributed by atoms with Crippen LogP contribution in [0.2, 0.25) is 0 Å². The predicted molar refractivity (Wildman–Crippen MR) is 97.8 cm³/mol. The van der Waals surface area contributed by atoms with Crippen LogP contribution in [-0.2, 0) is 6.54 Å². The number of para-hydroxylation sites is 1. The van der Waals surface area contributed by atoms with Crippen molar-refractivity contribution in [2.75, 3.05) is 31.9 Å². The highest BCUT2D eigenvalue weighted by atomic mass is 35.5. The summed E-state index contributed by atoms with van der Waals surface area (Å²) in [5, 5.41) is 4.01. The fourth-order valence-corrected chi connectivity index (χ4v) is 2.69. The van der Waals surface area contributed by atoms with Gasteiger partial charge in [-0.15, -0.1) is 24.8 Å². The van der Waals surface area contributed by atoms with Gasteiger partial charge in [-0.25, -0.2) is 0 Å². The molecule has 1 amide bonds. The Hall–Kier alpha value is -1.76. The van der Waals surface area contributed by atoms with Gasteiger partial charge in [-0.1, -0.05) is 17.3 Å². The molecule has 8 heteroatoms. The summed E-state index contributed by atoms with van der Waals surface area (Å²) in [6, 6.07) is 9.16. The van der Waals surface area contributed by atoms with Gasteiger partial charge in [-0.3, -0.25) is 9.69 Å². The van der Waals surface area contributed by atoms with E-state index in [4.69, 9.17) is 10.3 Å². The summed E-state index contributed by atoms with van der Waals surface area (Å²) in [5.41, 5.74) is 7.94. The molecule has 1 aliphatic heterocycles. The maximum Gasteiger partial charge on any atom is 0.256 e. The normalized spacial score (nSPS) is 14.6. The second-order valence-electron chi connectivity index (χ2n) is 5.58. The molecule has 0 spiro atoms. The first-order valence-electron chi connectivity index (χ1n) is 7.42. The number of piperazine rings is 1. The largest absolute Gasteiger partial charge is 0.398 e. The zero-order valence-corrected chi connectivity index (χ0v) is 15.1. The molecule has 0 aliphatic carbocycles. The SMILES string of the molecule is Cc1cc(CN2CCN(C(=O)c3ccccc3N)CC2)no1.Cl.Cl. The fraction of sp³-hybridized carbons (Fsp3) is 0.375. The van der Waals surface area contributed by atoms with Crippen molar-refractivity contribution in [2.45, 2.75) is 13.5 Å². The van der Waals surface area contributed by atoms with Crippen LogP contribution in [-0.4, -0.2) is 47.0 Å². The van der Waals surface area contributed by atoms with Gasteiger partial charge in [0.15, 0.2) is 0 Å². The van der Waals surface area contributed by atoms with E-state index in [0.717, 1.165) is 31.1 Å². The monoisotopic (exact) mass is 372 g/mol. The standard InChI is InChI=1S/C16H20N4O2.2ClH/c1-12-10-13(18-22-12)11-19-6-8-20(9-7-19)16(21)14-4-2-3-5-15(14)17;;/h2-5,10H,6-9,11,17H2,1H3;2*1H. The number of anilines is 1. The van der Waals surface area contributed by atoms with E-state index in [9.17, 15) is 4.79 Å². The Morgan fingerprint density at radius 2 is 1.88 bits per heavy atom. The maximum absolute atomic E-state index is 12.5. The van der Waals surface area contributed by atoms with Crippen molar-refractivity contribution in [1.82, 2.24) is 15.0 Å². The summed E-state index contributed by atoms with van der Waals surface area (Å²) in [5.74, 6) is 0.832. The van der Waals surface area contributed by atoms with Crippen LogP contribution in [0.5, 0.6) is 0 Å². The molecule has 2 aromatic rings. The molecule has 6 nitrogen and oxygen atoms in total. The number of rotatable bonds is 3. The average Bonchev–Trinajstić information content (AvgIpc) is 2.93. The number of benzene rings is 1. The molecule has 0 atom stereocenters. The van der Waals surface area contributed by atoms with Crippen molar-refractivity contribution in [3.63, 3.8) is 0 Å². The van der Waals surface area contributed by atoms with Crippen LogP contribution in [0.1, 0.15) is 21.8 Å². The summed E-state index contributed by atoms with van der Waals surface area (Å²) >= 11 is 0. The molecule has 2 heterocycles. The van der Waals surface area contributed by atoms with E-state index in [-0.39, 0.29) is 30.7 Å². The number of nitrogen functional groups attached to an aromatic ring is 1. The van der Waals surface area contributed by atoms with Crippen LogP contribution >= 0.6 is 24.8 Å². The number of nitrogens with two attached hydrogens (primary N) is 1. The summed E-state index contributed by atoms with van der Waals surface area (Å²) in [4.78, 5) is 16.6. The zero-order chi connectivity index (χ0) is 15.5. The lowest BCUT2D eigenvalue weighted by Crippen LogP contribution is -2.48. The maximum atomic E-state index is 12.5. The fourth-order valence-electron chi connectivity index (χ4n) is 2.69. The number of carbonyl (C=O) groups is 1. The number of halogens is 2. The van der Waals surface area contributed by atoms with E-state index in [0.29, 0.717) is 24.3 Å². The van der Waals surface area contributed by atoms with Crippen LogP contribution in [0.25, 0.3) is 0 Å². The minimum absolute atomic E-state index is 0. The van der Waals surface area contributed by atoms with Crippen molar-refractivity contribution < 1.29 is 9.32 Å². The lowest BCUT2D eigenvalue weighted by Gasteiger charge is -2.34. The molecule has 3 rings (SSSR count). The van der Waals surface area contributed by atoms with Crippen molar-refractivity contribution >= 4 is 36.4 Å². The second-order valence-corrected chi connectivity index (χ2v) is 5.58. The minimum atomic E-state index is 0. The molecule has 132 valence electrons. The van der Waals surface area contributed by atoms with Crippen LogP contribution in [0.3, 0.4) is 0 Å². The number of hydrogen-bond donors (Lipinski definition) is 1. The Balaban J connectivity index is 0.00000144. The number of nitrogens with zero attached hydrogens (tertiary/aromatic N) is 3. The second kappa shape index (κ2) is 8.92. The van der Waals surface area contributed by atoms with E-state index in [1.165, 1.54) is 0 Å². The van der Waals surface area contributed by atoms with Gasteiger partial charge in [-0.05, 0) is 19.1 Å². The third-order valence-electron chi connectivity index (χ3n) is 3.91. The number of amides is 1. The van der Waals surface area contributed by atoms with Gasteiger partial charge in [0.05, 0.1) is 11.3 Å². The molecule has 0 bridgehead atoms. The Morgan fingerprint density at radius 1 is 1.21 bits per heavy atom. The highest BCUT2D eigenvalue weighted by Gasteiger charge is 2.23. The van der Waals surface area contributed by atoms with Gasteiger partial charge in [0.2, 0.25) is 0 Å². The zero-order valence-electron chi connectivity index (χ0n) is 13.5. The predicted octanol–water partition coefficient (Wildman–Crippen LogP) is 2.37. The van der Waals surface area contributed by atoms with Gasteiger partial charge in [-0.2, -0.15) is 0 Å². The molecular weight excluding hydrogens is 351 g/mol. The molecule has 0 unspecified atom stereocenters. The molecule has 1 aromatic carbocycles. The minimum Gasteiger partial charge on any atom is -0.398 e. The third kappa shape index (κ3) is 4.63. The molecule has 0 saturated carbocycles. The Bertz CT molecular complexity index is 670. The number of aromatic nitrogens is 1. The molecule has 1 fully saturated rings. The Morgan fingerprint density at radius 3 is 2.46 bits per heavy atom. The van der Waals surface area contributed by atoms with Gasteiger partial charge in [0.1, 0.15) is 5.76 Å². The van der Waals surface area contributed by atoms with Crippen molar-refractivity contribution in [2.24, 2.45) is 0 Å². The lowest BCUT2D eigenvalue weighted by atomic mass is 10.1.